The SMILES string of the molecule is Cc1cc(C)c(S(=O)(=O)N(C)C2CCc3n[nH]c(=O)n3CC2)cc1C. The third kappa shape index (κ3) is 3.16. The van der Waals surface area contributed by atoms with Crippen LogP contribution in [-0.4, -0.2) is 40.6 Å². The van der Waals surface area contributed by atoms with Crippen molar-refractivity contribution >= 4 is 10.0 Å². The van der Waals surface area contributed by atoms with Crippen LogP contribution in [0.25, 0.3) is 0 Å². The molecule has 1 N–H and O–H groups in total. The summed E-state index contributed by atoms with van der Waals surface area (Å²) in [4.78, 5) is 12.1. The maximum absolute atomic E-state index is 13.1. The van der Waals surface area contributed by atoms with Gasteiger partial charge in [0, 0.05) is 26.1 Å². The predicted octanol–water partition coefficient (Wildman–Crippen LogP) is 1.52. The molecule has 1 atom stereocenters. The van der Waals surface area contributed by atoms with Gasteiger partial charge in [-0.15, -0.1) is 0 Å². The molecule has 0 bridgehead atoms. The molecule has 0 spiro atoms. The standard InChI is InChI=1S/C17H24N4O3S/c1-11-9-13(3)15(10-12(11)2)25(23,24)20(4)14-5-6-16-18-19-17(22)21(16)8-7-14/h9-10,14H,5-8H2,1-4H3,(H,19,22). The molecule has 25 heavy (non-hydrogen) atoms. The zero-order valence-electron chi connectivity index (χ0n) is 15.0. The number of benzene rings is 1. The number of hydrogen-bond donors (Lipinski definition) is 1. The highest BCUT2D eigenvalue weighted by Crippen LogP contribution is 2.26. The summed E-state index contributed by atoms with van der Waals surface area (Å²) < 4.78 is 29.3. The summed E-state index contributed by atoms with van der Waals surface area (Å²) in [6.45, 7) is 6.20. The van der Waals surface area contributed by atoms with Gasteiger partial charge in [-0.25, -0.2) is 18.3 Å². The molecule has 7 nitrogen and oxygen atoms in total. The number of hydrogen-bond acceptors (Lipinski definition) is 4. The number of rotatable bonds is 3. The van der Waals surface area contributed by atoms with Crippen molar-refractivity contribution in [3.8, 4) is 0 Å². The first-order chi connectivity index (χ1) is 11.7. The van der Waals surface area contributed by atoms with Gasteiger partial charge in [-0.05, 0) is 56.4 Å². The number of H-pyrrole nitrogens is 1. The van der Waals surface area contributed by atoms with Gasteiger partial charge in [-0.1, -0.05) is 6.07 Å². The maximum Gasteiger partial charge on any atom is 0.343 e. The first-order valence-electron chi connectivity index (χ1n) is 8.41. The van der Waals surface area contributed by atoms with Crippen molar-refractivity contribution in [1.29, 1.82) is 0 Å². The van der Waals surface area contributed by atoms with E-state index in [0.717, 1.165) is 16.7 Å². The molecular weight excluding hydrogens is 340 g/mol. The van der Waals surface area contributed by atoms with E-state index >= 15 is 0 Å². The molecule has 136 valence electrons. The lowest BCUT2D eigenvalue weighted by atomic mass is 10.1. The van der Waals surface area contributed by atoms with Crippen molar-refractivity contribution in [2.24, 2.45) is 0 Å². The fourth-order valence-corrected chi connectivity index (χ4v) is 5.12. The molecule has 2 heterocycles. The molecule has 8 heteroatoms. The third-order valence-electron chi connectivity index (χ3n) is 5.19. The molecule has 1 aromatic heterocycles. The highest BCUT2D eigenvalue weighted by atomic mass is 32.2. The lowest BCUT2D eigenvalue weighted by molar-refractivity contribution is 0.329. The van der Waals surface area contributed by atoms with E-state index in [2.05, 4.69) is 10.2 Å². The lowest BCUT2D eigenvalue weighted by Gasteiger charge is -2.27. The normalized spacial score (nSPS) is 18.2. The van der Waals surface area contributed by atoms with Crippen LogP contribution in [0.4, 0.5) is 0 Å². The van der Waals surface area contributed by atoms with Gasteiger partial charge in [-0.3, -0.25) is 4.57 Å². The Balaban J connectivity index is 1.89. The molecular formula is C17H24N4O3S. The molecule has 1 aromatic carbocycles. The molecule has 2 aromatic rings. The summed E-state index contributed by atoms with van der Waals surface area (Å²) in [5, 5.41) is 6.47. The molecule has 0 amide bonds. The van der Waals surface area contributed by atoms with Crippen LogP contribution in [0.3, 0.4) is 0 Å². The average Bonchev–Trinajstić information content (AvgIpc) is 2.78. The Morgan fingerprint density at radius 2 is 1.84 bits per heavy atom. The number of fused-ring (bicyclic) bond motifs is 1. The number of nitrogens with zero attached hydrogens (tertiary/aromatic N) is 3. The van der Waals surface area contributed by atoms with E-state index < -0.39 is 10.0 Å². The Labute approximate surface area is 147 Å². The smallest absolute Gasteiger partial charge is 0.279 e. The highest BCUT2D eigenvalue weighted by molar-refractivity contribution is 7.89. The summed E-state index contributed by atoms with van der Waals surface area (Å²) >= 11 is 0. The second kappa shape index (κ2) is 6.42. The monoisotopic (exact) mass is 364 g/mol. The number of nitrogens with one attached hydrogen (secondary N) is 1. The summed E-state index contributed by atoms with van der Waals surface area (Å²) in [7, 11) is -1.96. The van der Waals surface area contributed by atoms with E-state index in [0.29, 0.717) is 36.5 Å². The second-order valence-corrected chi connectivity index (χ2v) is 8.77. The van der Waals surface area contributed by atoms with Crippen LogP contribution in [0.15, 0.2) is 21.8 Å². The molecule has 0 saturated carbocycles. The number of aryl methyl sites for hydroxylation is 4. The van der Waals surface area contributed by atoms with Gasteiger partial charge >= 0.3 is 5.69 Å². The summed E-state index contributed by atoms with van der Waals surface area (Å²) in [5.41, 5.74) is 2.57. The molecule has 0 fully saturated rings. The predicted molar refractivity (Wildman–Crippen MR) is 95.2 cm³/mol. The fourth-order valence-electron chi connectivity index (χ4n) is 3.42. The van der Waals surface area contributed by atoms with Crippen molar-refractivity contribution in [2.45, 2.75) is 57.5 Å². The Hall–Kier alpha value is -1.93. The summed E-state index contributed by atoms with van der Waals surface area (Å²) in [5.74, 6) is 0.695. The Morgan fingerprint density at radius 1 is 1.16 bits per heavy atom. The first kappa shape index (κ1) is 17.9. The van der Waals surface area contributed by atoms with Crippen LogP contribution in [0.2, 0.25) is 0 Å². The minimum absolute atomic E-state index is 0.160. The van der Waals surface area contributed by atoms with Gasteiger partial charge in [0.25, 0.3) is 0 Å². The zero-order chi connectivity index (χ0) is 18.4. The Morgan fingerprint density at radius 3 is 2.56 bits per heavy atom. The molecule has 0 saturated heterocycles. The van der Waals surface area contributed by atoms with Crippen molar-refractivity contribution < 1.29 is 8.42 Å². The Kier molecular flexibility index (Phi) is 4.59. The summed E-state index contributed by atoms with van der Waals surface area (Å²) in [6, 6.07) is 3.51. The van der Waals surface area contributed by atoms with Gasteiger partial charge in [0.05, 0.1) is 4.90 Å². The van der Waals surface area contributed by atoms with E-state index in [1.54, 1.807) is 17.7 Å². The molecule has 1 unspecified atom stereocenters. The number of aromatic amines is 1. The van der Waals surface area contributed by atoms with Gasteiger partial charge in [0.2, 0.25) is 10.0 Å². The molecule has 3 rings (SSSR count). The van der Waals surface area contributed by atoms with Crippen LogP contribution < -0.4 is 5.69 Å². The van der Waals surface area contributed by atoms with Crippen molar-refractivity contribution in [3.05, 3.63) is 45.1 Å². The van der Waals surface area contributed by atoms with E-state index in [-0.39, 0.29) is 11.7 Å². The van der Waals surface area contributed by atoms with E-state index in [9.17, 15) is 13.2 Å². The van der Waals surface area contributed by atoms with Crippen LogP contribution in [-0.2, 0) is 23.0 Å². The zero-order valence-corrected chi connectivity index (χ0v) is 15.9. The largest absolute Gasteiger partial charge is 0.343 e. The van der Waals surface area contributed by atoms with Crippen LogP contribution in [0, 0.1) is 20.8 Å². The first-order valence-corrected chi connectivity index (χ1v) is 9.86. The van der Waals surface area contributed by atoms with Gasteiger partial charge in [0.1, 0.15) is 5.82 Å². The number of aromatic nitrogens is 3. The van der Waals surface area contributed by atoms with Crippen LogP contribution in [0.5, 0.6) is 0 Å². The van der Waals surface area contributed by atoms with Crippen molar-refractivity contribution in [1.82, 2.24) is 19.1 Å². The van der Waals surface area contributed by atoms with Gasteiger partial charge in [0.15, 0.2) is 0 Å². The highest BCUT2D eigenvalue weighted by Gasteiger charge is 2.31. The minimum atomic E-state index is -3.59. The van der Waals surface area contributed by atoms with E-state index in [4.69, 9.17) is 0 Å². The Bertz CT molecular complexity index is 959. The molecule has 0 radical (unpaired) electrons. The number of sulfonamides is 1. The topological polar surface area (TPSA) is 88.1 Å². The molecule has 1 aliphatic rings. The van der Waals surface area contributed by atoms with Crippen LogP contribution in [0.1, 0.15) is 35.4 Å². The molecule has 1 aliphatic heterocycles. The summed E-state index contributed by atoms with van der Waals surface area (Å²) in [6.07, 6.45) is 1.81. The van der Waals surface area contributed by atoms with Gasteiger partial charge in [-0.2, -0.15) is 9.40 Å². The van der Waals surface area contributed by atoms with E-state index in [1.165, 1.54) is 4.31 Å². The lowest BCUT2D eigenvalue weighted by Crippen LogP contribution is -2.38. The van der Waals surface area contributed by atoms with Crippen molar-refractivity contribution in [2.75, 3.05) is 7.05 Å². The third-order valence-corrected chi connectivity index (χ3v) is 7.24. The van der Waals surface area contributed by atoms with Gasteiger partial charge < -0.3 is 0 Å². The van der Waals surface area contributed by atoms with Crippen LogP contribution >= 0.6 is 0 Å². The quantitative estimate of drug-likeness (QED) is 0.894. The fraction of sp³-hybridized carbons (Fsp3) is 0.529. The maximum atomic E-state index is 13.1. The average molecular weight is 364 g/mol. The second-order valence-electron chi connectivity index (χ2n) is 6.80. The van der Waals surface area contributed by atoms with E-state index in [1.807, 2.05) is 26.8 Å². The minimum Gasteiger partial charge on any atom is -0.279 e. The molecule has 0 aliphatic carbocycles. The van der Waals surface area contributed by atoms with Crippen molar-refractivity contribution in [3.63, 3.8) is 0 Å².